The smallest absolute Gasteiger partial charge is 0.417 e. The molecule has 0 bridgehead atoms. The number of ether oxygens (including phenoxy) is 2. The van der Waals surface area contributed by atoms with Crippen LogP contribution in [0.5, 0.6) is 6.01 Å². The molecule has 0 radical (unpaired) electrons. The number of aromatic nitrogens is 2. The standard InChI is InChI=1S/C28H34F5N5O2/c1-15-9-19(34)24(30)22(23(15)28(31,32)33)21-10-20-18(13-39-21)25(16-3-6-35-7-4-16)37-26(36-20)40-14-27-5-2-8-38(27)12-17(29)11-27/h9,16-17,21,35H,2-8,10-14,34H2,1H3/t17-,21+,27+/m1/s1. The van der Waals surface area contributed by atoms with E-state index in [4.69, 9.17) is 20.2 Å². The molecule has 0 unspecified atom stereocenters. The average molecular weight is 568 g/mol. The largest absolute Gasteiger partial charge is 0.461 e. The number of halogens is 5. The zero-order chi connectivity index (χ0) is 28.2. The van der Waals surface area contributed by atoms with Crippen LogP contribution >= 0.6 is 0 Å². The molecule has 6 rings (SSSR count). The van der Waals surface area contributed by atoms with E-state index in [9.17, 15) is 17.6 Å². The minimum atomic E-state index is -4.79. The first-order valence-corrected chi connectivity index (χ1v) is 14.0. The maximum absolute atomic E-state index is 15.2. The van der Waals surface area contributed by atoms with E-state index in [0.717, 1.165) is 62.6 Å². The molecule has 40 heavy (non-hydrogen) atoms. The molecule has 1 aromatic heterocycles. The molecule has 5 heterocycles. The molecule has 2 aromatic rings. The summed E-state index contributed by atoms with van der Waals surface area (Å²) in [5.74, 6) is -1.03. The van der Waals surface area contributed by atoms with Crippen molar-refractivity contribution < 1.29 is 31.4 Å². The van der Waals surface area contributed by atoms with Crippen LogP contribution in [-0.2, 0) is 23.9 Å². The van der Waals surface area contributed by atoms with Crippen molar-refractivity contribution >= 4 is 5.69 Å². The number of hydrogen-bond donors (Lipinski definition) is 2. The molecule has 12 heteroatoms. The number of anilines is 1. The third-order valence-electron chi connectivity index (χ3n) is 9.00. The van der Waals surface area contributed by atoms with Gasteiger partial charge in [-0.3, -0.25) is 4.90 Å². The SMILES string of the molecule is Cc1cc(N)c(F)c([C@@H]2Cc3nc(OC[C@@]45CCCN4C[C@H](F)C5)nc(C4CCNCC4)c3CO2)c1C(F)(F)F. The van der Waals surface area contributed by atoms with Gasteiger partial charge in [-0.05, 0) is 63.9 Å². The number of nitrogens with two attached hydrogens (primary N) is 1. The minimum absolute atomic E-state index is 0.0502. The molecular formula is C28H34F5N5O2. The molecule has 3 fully saturated rings. The number of nitrogen functional groups attached to an aromatic ring is 1. The van der Waals surface area contributed by atoms with Gasteiger partial charge in [0.25, 0.3) is 0 Å². The molecule has 0 spiro atoms. The van der Waals surface area contributed by atoms with Crippen molar-refractivity contribution in [1.29, 1.82) is 0 Å². The number of nitrogens with one attached hydrogen (secondary N) is 1. The van der Waals surface area contributed by atoms with Gasteiger partial charge >= 0.3 is 12.2 Å². The van der Waals surface area contributed by atoms with Crippen LogP contribution in [-0.4, -0.2) is 59.4 Å². The summed E-state index contributed by atoms with van der Waals surface area (Å²) in [6.45, 7) is 4.27. The second-order valence-corrected chi connectivity index (χ2v) is 11.6. The Labute approximate surface area is 229 Å². The lowest BCUT2D eigenvalue weighted by Gasteiger charge is -2.33. The van der Waals surface area contributed by atoms with Crippen molar-refractivity contribution in [1.82, 2.24) is 20.2 Å². The molecule has 0 aliphatic carbocycles. The normalized spacial score (nSPS) is 27.6. The van der Waals surface area contributed by atoms with Crippen molar-refractivity contribution in [2.45, 2.75) is 82.0 Å². The van der Waals surface area contributed by atoms with E-state index in [1.807, 2.05) is 0 Å². The van der Waals surface area contributed by atoms with E-state index >= 15 is 4.39 Å². The summed E-state index contributed by atoms with van der Waals surface area (Å²) >= 11 is 0. The number of fused-ring (bicyclic) bond motifs is 2. The van der Waals surface area contributed by atoms with Gasteiger partial charge < -0.3 is 20.5 Å². The molecule has 3 N–H and O–H groups in total. The second kappa shape index (κ2) is 10.4. The van der Waals surface area contributed by atoms with E-state index in [1.54, 1.807) is 0 Å². The Bertz CT molecular complexity index is 1280. The summed E-state index contributed by atoms with van der Waals surface area (Å²) < 4.78 is 83.8. The molecule has 1 aromatic carbocycles. The zero-order valence-electron chi connectivity index (χ0n) is 22.4. The Morgan fingerprint density at radius 2 is 2.02 bits per heavy atom. The van der Waals surface area contributed by atoms with Gasteiger partial charge in [0.2, 0.25) is 0 Å². The topological polar surface area (TPSA) is 85.5 Å². The summed E-state index contributed by atoms with van der Waals surface area (Å²) in [6.07, 6.45) is -3.18. The predicted octanol–water partition coefficient (Wildman–Crippen LogP) is 4.76. The number of nitrogens with zero attached hydrogens (tertiary/aromatic N) is 3. The number of alkyl halides is 4. The van der Waals surface area contributed by atoms with Gasteiger partial charge in [-0.1, -0.05) is 0 Å². The molecule has 4 aliphatic rings. The molecule has 3 atom stereocenters. The summed E-state index contributed by atoms with van der Waals surface area (Å²) in [5.41, 5.74) is 5.12. The van der Waals surface area contributed by atoms with E-state index in [1.165, 1.54) is 6.92 Å². The van der Waals surface area contributed by atoms with Gasteiger partial charge in [-0.25, -0.2) is 8.78 Å². The van der Waals surface area contributed by atoms with Crippen LogP contribution in [0.4, 0.5) is 27.6 Å². The number of hydrogen-bond acceptors (Lipinski definition) is 7. The lowest BCUT2D eigenvalue weighted by Crippen LogP contribution is -2.43. The molecule has 7 nitrogen and oxygen atoms in total. The Hall–Kier alpha value is -2.57. The van der Waals surface area contributed by atoms with Gasteiger partial charge in [0, 0.05) is 36.4 Å². The molecule has 218 valence electrons. The van der Waals surface area contributed by atoms with E-state index in [0.29, 0.717) is 18.7 Å². The zero-order valence-corrected chi connectivity index (χ0v) is 22.4. The van der Waals surface area contributed by atoms with Crippen LogP contribution < -0.4 is 15.8 Å². The van der Waals surface area contributed by atoms with Crippen molar-refractivity contribution in [2.24, 2.45) is 0 Å². The second-order valence-electron chi connectivity index (χ2n) is 11.6. The Balaban J connectivity index is 1.36. The quantitative estimate of drug-likeness (QED) is 0.398. The van der Waals surface area contributed by atoms with Gasteiger partial charge in [-0.2, -0.15) is 23.1 Å². The third kappa shape index (κ3) is 4.92. The predicted molar refractivity (Wildman–Crippen MR) is 137 cm³/mol. The van der Waals surface area contributed by atoms with Crippen molar-refractivity contribution in [3.05, 3.63) is 45.5 Å². The Kier molecular flexibility index (Phi) is 7.15. The van der Waals surface area contributed by atoms with Gasteiger partial charge in [0.1, 0.15) is 12.8 Å². The fraction of sp³-hybridized carbons (Fsp3) is 0.643. The van der Waals surface area contributed by atoms with Gasteiger partial charge in [-0.15, -0.1) is 0 Å². The van der Waals surface area contributed by atoms with Gasteiger partial charge in [0.05, 0.1) is 40.9 Å². The first-order chi connectivity index (χ1) is 19.1. The van der Waals surface area contributed by atoms with E-state index in [2.05, 4.69) is 15.2 Å². The number of benzene rings is 1. The highest BCUT2D eigenvalue weighted by atomic mass is 19.4. The van der Waals surface area contributed by atoms with Crippen LogP contribution in [0.25, 0.3) is 0 Å². The maximum Gasteiger partial charge on any atom is 0.417 e. The Morgan fingerprint density at radius 3 is 2.77 bits per heavy atom. The minimum Gasteiger partial charge on any atom is -0.461 e. The molecule has 4 aliphatic heterocycles. The van der Waals surface area contributed by atoms with Crippen LogP contribution in [0.2, 0.25) is 0 Å². The Morgan fingerprint density at radius 1 is 1.25 bits per heavy atom. The fourth-order valence-electron chi connectivity index (χ4n) is 7.13. The van der Waals surface area contributed by atoms with Gasteiger partial charge in [0.15, 0.2) is 5.82 Å². The van der Waals surface area contributed by atoms with E-state index in [-0.39, 0.29) is 42.8 Å². The van der Waals surface area contributed by atoms with Crippen LogP contribution in [0.3, 0.4) is 0 Å². The van der Waals surface area contributed by atoms with Crippen molar-refractivity contribution in [3.63, 3.8) is 0 Å². The molecule has 0 saturated carbocycles. The summed E-state index contributed by atoms with van der Waals surface area (Å²) in [5, 5.41) is 3.33. The average Bonchev–Trinajstić information content (AvgIpc) is 3.44. The summed E-state index contributed by atoms with van der Waals surface area (Å²) in [6, 6.07) is 1.12. The molecular weight excluding hydrogens is 533 g/mol. The highest BCUT2D eigenvalue weighted by Gasteiger charge is 2.49. The number of rotatable bonds is 5. The summed E-state index contributed by atoms with van der Waals surface area (Å²) in [4.78, 5) is 11.5. The van der Waals surface area contributed by atoms with Crippen LogP contribution in [0.15, 0.2) is 6.07 Å². The maximum atomic E-state index is 15.2. The highest BCUT2D eigenvalue weighted by Crippen LogP contribution is 2.45. The third-order valence-corrected chi connectivity index (χ3v) is 9.00. The number of aryl methyl sites for hydroxylation is 1. The van der Waals surface area contributed by atoms with Crippen molar-refractivity contribution in [2.75, 3.05) is 38.5 Å². The first-order valence-electron chi connectivity index (χ1n) is 14.0. The number of piperidine rings is 1. The van der Waals surface area contributed by atoms with Crippen LogP contribution in [0.1, 0.15) is 77.8 Å². The monoisotopic (exact) mass is 567 g/mol. The lowest BCUT2D eigenvalue weighted by atomic mass is 9.87. The molecule has 3 saturated heterocycles. The highest BCUT2D eigenvalue weighted by molar-refractivity contribution is 5.53. The van der Waals surface area contributed by atoms with Crippen LogP contribution in [0, 0.1) is 12.7 Å². The van der Waals surface area contributed by atoms with E-state index < -0.39 is 40.9 Å². The van der Waals surface area contributed by atoms with Crippen molar-refractivity contribution in [3.8, 4) is 6.01 Å². The first kappa shape index (κ1) is 27.6. The summed E-state index contributed by atoms with van der Waals surface area (Å²) in [7, 11) is 0. The molecule has 0 amide bonds. The lowest BCUT2D eigenvalue weighted by molar-refractivity contribution is -0.140. The fourth-order valence-corrected chi connectivity index (χ4v) is 7.13.